The molecule has 0 spiro atoms. The van der Waals surface area contributed by atoms with Gasteiger partial charge in [0.2, 0.25) is 0 Å². The first-order chi connectivity index (χ1) is 7.34. The lowest BCUT2D eigenvalue weighted by atomic mass is 9.95. The Morgan fingerprint density at radius 1 is 1.33 bits per heavy atom. The lowest BCUT2D eigenvalue weighted by Crippen LogP contribution is -2.20. The van der Waals surface area contributed by atoms with Crippen molar-refractivity contribution in [2.24, 2.45) is 0 Å². The Labute approximate surface area is 88.6 Å². The van der Waals surface area contributed by atoms with Crippen LogP contribution in [0.2, 0.25) is 0 Å². The van der Waals surface area contributed by atoms with Gasteiger partial charge < -0.3 is 14.6 Å². The van der Waals surface area contributed by atoms with Crippen LogP contribution in [-0.4, -0.2) is 30.0 Å². The number of hydrogen-bond acceptors (Lipinski definition) is 3. The molecule has 0 aromatic heterocycles. The van der Waals surface area contributed by atoms with Crippen LogP contribution in [0.5, 0.6) is 0 Å². The maximum absolute atomic E-state index is 9.38. The Bertz CT molecular complexity index is 347. The van der Waals surface area contributed by atoms with E-state index in [-0.39, 0.29) is 18.3 Å². The maximum atomic E-state index is 9.38. The SMILES string of the molecule is OCC1(CC2CO2)OC1c1ccccc1. The minimum Gasteiger partial charge on any atom is -0.393 e. The van der Waals surface area contributed by atoms with Gasteiger partial charge in [0.25, 0.3) is 0 Å². The molecule has 0 bridgehead atoms. The minimum atomic E-state index is -0.373. The predicted molar refractivity (Wildman–Crippen MR) is 54.4 cm³/mol. The molecule has 0 amide bonds. The van der Waals surface area contributed by atoms with Crippen LogP contribution in [0.25, 0.3) is 0 Å². The molecule has 1 aromatic rings. The molecule has 1 N–H and O–H groups in total. The highest BCUT2D eigenvalue weighted by Gasteiger charge is 2.59. The Balaban J connectivity index is 1.74. The molecule has 3 unspecified atom stereocenters. The van der Waals surface area contributed by atoms with Crippen LogP contribution < -0.4 is 0 Å². The van der Waals surface area contributed by atoms with Crippen molar-refractivity contribution in [2.75, 3.05) is 13.2 Å². The summed E-state index contributed by atoms with van der Waals surface area (Å²) in [4.78, 5) is 0. The van der Waals surface area contributed by atoms with E-state index < -0.39 is 0 Å². The van der Waals surface area contributed by atoms with E-state index in [4.69, 9.17) is 9.47 Å². The van der Waals surface area contributed by atoms with Crippen molar-refractivity contribution in [3.63, 3.8) is 0 Å². The van der Waals surface area contributed by atoms with Crippen LogP contribution in [0, 0.1) is 0 Å². The van der Waals surface area contributed by atoms with Crippen LogP contribution in [0.4, 0.5) is 0 Å². The molecule has 1 aromatic carbocycles. The normalized spacial score (nSPS) is 37.7. The summed E-state index contributed by atoms with van der Waals surface area (Å²) in [6, 6.07) is 10.0. The number of epoxide rings is 2. The van der Waals surface area contributed by atoms with Gasteiger partial charge in [0, 0.05) is 6.42 Å². The van der Waals surface area contributed by atoms with Gasteiger partial charge in [-0.25, -0.2) is 0 Å². The minimum absolute atomic E-state index is 0.0490. The van der Waals surface area contributed by atoms with E-state index in [0.29, 0.717) is 6.10 Å². The van der Waals surface area contributed by atoms with Crippen molar-refractivity contribution in [2.45, 2.75) is 24.2 Å². The van der Waals surface area contributed by atoms with Gasteiger partial charge in [0.05, 0.1) is 19.3 Å². The number of hydrogen-bond donors (Lipinski definition) is 1. The third-order valence-corrected chi connectivity index (χ3v) is 3.12. The molecular weight excluding hydrogens is 192 g/mol. The highest BCUT2D eigenvalue weighted by Crippen LogP contribution is 2.53. The first-order valence-electron chi connectivity index (χ1n) is 5.29. The van der Waals surface area contributed by atoms with Crippen molar-refractivity contribution in [3.05, 3.63) is 35.9 Å². The molecular formula is C12H14O3. The van der Waals surface area contributed by atoms with Crippen molar-refractivity contribution in [1.82, 2.24) is 0 Å². The monoisotopic (exact) mass is 206 g/mol. The molecule has 2 aliphatic rings. The van der Waals surface area contributed by atoms with Gasteiger partial charge >= 0.3 is 0 Å². The highest BCUT2D eigenvalue weighted by atomic mass is 16.6. The largest absolute Gasteiger partial charge is 0.393 e. The van der Waals surface area contributed by atoms with E-state index >= 15 is 0 Å². The number of aliphatic hydroxyl groups excluding tert-OH is 1. The fourth-order valence-electron chi connectivity index (χ4n) is 2.11. The summed E-state index contributed by atoms with van der Waals surface area (Å²) < 4.78 is 10.8. The summed E-state index contributed by atoms with van der Waals surface area (Å²) in [5, 5.41) is 9.38. The third-order valence-electron chi connectivity index (χ3n) is 3.12. The summed E-state index contributed by atoms with van der Waals surface area (Å²) in [6.45, 7) is 0.888. The van der Waals surface area contributed by atoms with Crippen LogP contribution in [0.3, 0.4) is 0 Å². The van der Waals surface area contributed by atoms with E-state index in [0.717, 1.165) is 18.6 Å². The first-order valence-corrected chi connectivity index (χ1v) is 5.29. The molecule has 2 saturated heterocycles. The number of aliphatic hydroxyl groups is 1. The van der Waals surface area contributed by atoms with Gasteiger partial charge in [-0.15, -0.1) is 0 Å². The topological polar surface area (TPSA) is 45.3 Å². The number of benzene rings is 1. The van der Waals surface area contributed by atoms with Crippen LogP contribution in [0.15, 0.2) is 30.3 Å². The number of ether oxygens (including phenoxy) is 2. The van der Waals surface area contributed by atoms with Crippen LogP contribution >= 0.6 is 0 Å². The van der Waals surface area contributed by atoms with E-state index in [1.165, 1.54) is 0 Å². The lowest BCUT2D eigenvalue weighted by Gasteiger charge is -2.06. The molecule has 80 valence electrons. The predicted octanol–water partition coefficient (Wildman–Crippen LogP) is 1.28. The van der Waals surface area contributed by atoms with Crippen LogP contribution in [-0.2, 0) is 9.47 Å². The molecule has 3 nitrogen and oxygen atoms in total. The van der Waals surface area contributed by atoms with Crippen LogP contribution in [0.1, 0.15) is 18.1 Å². The molecule has 3 heteroatoms. The Morgan fingerprint density at radius 3 is 2.67 bits per heavy atom. The quantitative estimate of drug-likeness (QED) is 0.755. The summed E-state index contributed by atoms with van der Waals surface area (Å²) in [5.41, 5.74) is 0.773. The van der Waals surface area contributed by atoms with Crippen molar-refractivity contribution in [3.8, 4) is 0 Å². The molecule has 2 heterocycles. The van der Waals surface area contributed by atoms with Gasteiger partial charge in [-0.1, -0.05) is 30.3 Å². The molecule has 2 aliphatic heterocycles. The molecule has 3 rings (SSSR count). The average Bonchev–Trinajstić information content (AvgIpc) is 3.18. The first kappa shape index (κ1) is 9.33. The van der Waals surface area contributed by atoms with Crippen molar-refractivity contribution in [1.29, 1.82) is 0 Å². The van der Waals surface area contributed by atoms with Gasteiger partial charge in [-0.2, -0.15) is 0 Å². The summed E-state index contributed by atoms with van der Waals surface area (Å²) in [6.07, 6.45) is 1.15. The number of rotatable bonds is 4. The van der Waals surface area contributed by atoms with E-state index in [1.54, 1.807) is 0 Å². The molecule has 0 saturated carbocycles. The van der Waals surface area contributed by atoms with Gasteiger partial charge in [0.1, 0.15) is 11.7 Å². The van der Waals surface area contributed by atoms with E-state index in [9.17, 15) is 5.11 Å². The van der Waals surface area contributed by atoms with Gasteiger partial charge in [0.15, 0.2) is 0 Å². The lowest BCUT2D eigenvalue weighted by molar-refractivity contribution is 0.154. The second-order valence-corrected chi connectivity index (χ2v) is 4.29. The molecule has 3 atom stereocenters. The van der Waals surface area contributed by atoms with Gasteiger partial charge in [-0.3, -0.25) is 0 Å². The zero-order valence-electron chi connectivity index (χ0n) is 8.43. The molecule has 0 aliphatic carbocycles. The summed E-state index contributed by atoms with van der Waals surface area (Å²) >= 11 is 0. The fraction of sp³-hybridized carbons (Fsp3) is 0.500. The Kier molecular flexibility index (Phi) is 2.06. The molecule has 15 heavy (non-hydrogen) atoms. The summed E-state index contributed by atoms with van der Waals surface area (Å²) in [5.74, 6) is 0. The average molecular weight is 206 g/mol. The third kappa shape index (κ3) is 1.67. The molecule has 0 radical (unpaired) electrons. The zero-order valence-corrected chi connectivity index (χ0v) is 8.43. The highest BCUT2D eigenvalue weighted by molar-refractivity contribution is 5.26. The van der Waals surface area contributed by atoms with Crippen molar-refractivity contribution >= 4 is 0 Å². The fourth-order valence-corrected chi connectivity index (χ4v) is 2.11. The zero-order chi connectivity index (χ0) is 10.3. The second kappa shape index (κ2) is 3.30. The van der Waals surface area contributed by atoms with Gasteiger partial charge in [-0.05, 0) is 5.56 Å². The standard InChI is InChI=1S/C12H14O3/c13-8-12(6-10-7-14-10)11(15-12)9-4-2-1-3-5-9/h1-5,10-11,13H,6-8H2. The maximum Gasteiger partial charge on any atom is 0.125 e. The Morgan fingerprint density at radius 2 is 2.07 bits per heavy atom. The smallest absolute Gasteiger partial charge is 0.125 e. The van der Waals surface area contributed by atoms with E-state index in [2.05, 4.69) is 0 Å². The molecule has 2 fully saturated rings. The Hall–Kier alpha value is -0.900. The van der Waals surface area contributed by atoms with E-state index in [1.807, 2.05) is 30.3 Å². The van der Waals surface area contributed by atoms with Crippen molar-refractivity contribution < 1.29 is 14.6 Å². The summed E-state index contributed by atoms with van der Waals surface area (Å²) in [7, 11) is 0. The second-order valence-electron chi connectivity index (χ2n) is 4.29.